The second kappa shape index (κ2) is 12.8. The number of ether oxygens (including phenoxy) is 4. The van der Waals surface area contributed by atoms with Crippen molar-refractivity contribution in [1.29, 1.82) is 0 Å². The van der Waals surface area contributed by atoms with Gasteiger partial charge >= 0.3 is 0 Å². The van der Waals surface area contributed by atoms with Gasteiger partial charge in [-0.3, -0.25) is 4.79 Å². The highest BCUT2D eigenvalue weighted by Gasteiger charge is 2.52. The van der Waals surface area contributed by atoms with Crippen LogP contribution in [0.2, 0.25) is 5.02 Å². The molecule has 234 valence electrons. The quantitative estimate of drug-likeness (QED) is 0.238. The van der Waals surface area contributed by atoms with Crippen LogP contribution in [0.25, 0.3) is 11.3 Å². The van der Waals surface area contributed by atoms with Crippen molar-refractivity contribution in [3.8, 4) is 11.3 Å². The molecule has 4 heterocycles. The molecule has 1 amide bonds. The van der Waals surface area contributed by atoms with Gasteiger partial charge in [0.15, 0.2) is 6.29 Å². The molecule has 7 rings (SSSR count). The van der Waals surface area contributed by atoms with Crippen LogP contribution in [0.4, 0.5) is 4.39 Å². The molecule has 9 nitrogen and oxygen atoms in total. The highest BCUT2D eigenvalue weighted by Crippen LogP contribution is 2.45. The highest BCUT2D eigenvalue weighted by molar-refractivity contribution is 8.00. The molecular formula is C33H32ClFN4O5S. The summed E-state index contributed by atoms with van der Waals surface area (Å²) in [4.78, 5) is 15.8. The predicted molar refractivity (Wildman–Crippen MR) is 166 cm³/mol. The van der Waals surface area contributed by atoms with E-state index >= 15 is 0 Å². The number of fused-ring (bicyclic) bond motifs is 1. The molecule has 1 aromatic heterocycles. The number of benzene rings is 3. The maximum atomic E-state index is 14.5. The van der Waals surface area contributed by atoms with Crippen LogP contribution in [-0.4, -0.2) is 76.4 Å². The van der Waals surface area contributed by atoms with E-state index in [4.69, 9.17) is 30.5 Å². The lowest BCUT2D eigenvalue weighted by molar-refractivity contribution is -0.308. The first-order valence-corrected chi connectivity index (χ1v) is 16.1. The maximum absolute atomic E-state index is 14.5. The molecule has 0 spiro atoms. The summed E-state index contributed by atoms with van der Waals surface area (Å²) in [6, 6.07) is 19.5. The predicted octanol–water partition coefficient (Wildman–Crippen LogP) is 6.08. The fourth-order valence-corrected chi connectivity index (χ4v) is 7.45. The molecule has 3 unspecified atom stereocenters. The summed E-state index contributed by atoms with van der Waals surface area (Å²) in [6.45, 7) is 3.44. The first-order chi connectivity index (χ1) is 21.9. The van der Waals surface area contributed by atoms with Crippen molar-refractivity contribution in [2.45, 2.75) is 54.3 Å². The smallest absolute Gasteiger partial charge is 0.254 e. The Hall–Kier alpha value is -3.32. The molecule has 0 saturated carbocycles. The number of aromatic nitrogens is 3. The molecule has 4 aromatic rings. The van der Waals surface area contributed by atoms with Crippen molar-refractivity contribution in [1.82, 2.24) is 19.9 Å². The van der Waals surface area contributed by atoms with Crippen LogP contribution in [-0.2, 0) is 18.9 Å². The van der Waals surface area contributed by atoms with Gasteiger partial charge in [-0.2, -0.15) is 0 Å². The van der Waals surface area contributed by atoms with Crippen LogP contribution >= 0.6 is 23.4 Å². The maximum Gasteiger partial charge on any atom is 0.254 e. The van der Waals surface area contributed by atoms with Gasteiger partial charge in [-0.1, -0.05) is 71.0 Å². The summed E-state index contributed by atoms with van der Waals surface area (Å²) in [7, 11) is 1.61. The summed E-state index contributed by atoms with van der Waals surface area (Å²) < 4.78 is 41.7. The van der Waals surface area contributed by atoms with E-state index in [0.29, 0.717) is 32.3 Å². The Balaban J connectivity index is 1.24. The fourth-order valence-electron chi connectivity index (χ4n) is 5.88. The lowest BCUT2D eigenvalue weighted by Gasteiger charge is -2.48. The largest absolute Gasteiger partial charge is 0.375 e. The minimum atomic E-state index is -0.622. The Kier molecular flexibility index (Phi) is 8.64. The molecule has 0 bridgehead atoms. The Morgan fingerprint density at radius 3 is 2.64 bits per heavy atom. The lowest BCUT2D eigenvalue weighted by atomic mass is 9.95. The summed E-state index contributed by atoms with van der Waals surface area (Å²) >= 11 is 7.80. The van der Waals surface area contributed by atoms with Gasteiger partial charge < -0.3 is 23.8 Å². The van der Waals surface area contributed by atoms with Crippen LogP contribution in [0, 0.1) is 12.7 Å². The van der Waals surface area contributed by atoms with Crippen molar-refractivity contribution < 1.29 is 28.1 Å². The van der Waals surface area contributed by atoms with Crippen molar-refractivity contribution in [3.05, 3.63) is 100 Å². The molecule has 3 fully saturated rings. The van der Waals surface area contributed by atoms with Crippen LogP contribution in [0.5, 0.6) is 0 Å². The van der Waals surface area contributed by atoms with Crippen molar-refractivity contribution >= 4 is 29.3 Å². The molecule has 3 aliphatic rings. The number of thioether (sulfide) groups is 1. The Bertz CT molecular complexity index is 1690. The Labute approximate surface area is 269 Å². The number of nitrogens with zero attached hydrogens (tertiary/aromatic N) is 4. The van der Waals surface area contributed by atoms with Crippen molar-refractivity contribution in [2.75, 3.05) is 26.8 Å². The standard InChI is InChI=1S/C33H32ClFN4O5S/c1-19-9-10-21(15-24(19)35)25-17-39(37-36-25)28-29-26(18-42-32(44-29)20-7-4-3-5-8-20)43-33(30(28)41-2)45-27-16-22(34)11-12-23(27)31(40)38-13-6-14-38/h3-5,7-12,15-17,26,28-30,32-33H,6,13-14,18H2,1-2H3/t26?,28?,29-,30-,32?,33+/m0/s1. The van der Waals surface area contributed by atoms with Crippen molar-refractivity contribution in [2.24, 2.45) is 0 Å². The molecule has 3 aliphatic heterocycles. The minimum absolute atomic E-state index is 0.0408. The Morgan fingerprint density at radius 2 is 1.91 bits per heavy atom. The third-order valence-corrected chi connectivity index (χ3v) is 9.94. The van der Waals surface area contributed by atoms with Gasteiger partial charge in [0.1, 0.15) is 41.3 Å². The number of halogens is 2. The first-order valence-electron chi connectivity index (χ1n) is 14.8. The zero-order valence-electron chi connectivity index (χ0n) is 24.7. The van der Waals surface area contributed by atoms with Gasteiger partial charge in [-0.05, 0) is 43.2 Å². The van der Waals surface area contributed by atoms with E-state index in [2.05, 4.69) is 10.3 Å². The van der Waals surface area contributed by atoms with Gasteiger partial charge in [0.2, 0.25) is 0 Å². The number of amides is 1. The van der Waals surface area contributed by atoms with Gasteiger partial charge in [-0.25, -0.2) is 9.07 Å². The number of carbonyl (C=O) groups is 1. The fraction of sp³-hybridized carbons (Fsp3) is 0.364. The zero-order valence-corrected chi connectivity index (χ0v) is 26.3. The monoisotopic (exact) mass is 650 g/mol. The number of hydrogen-bond acceptors (Lipinski definition) is 8. The summed E-state index contributed by atoms with van der Waals surface area (Å²) in [5.41, 5.74) is 2.52. The van der Waals surface area contributed by atoms with E-state index in [-0.39, 0.29) is 18.3 Å². The van der Waals surface area contributed by atoms with E-state index < -0.39 is 36.1 Å². The molecule has 6 atom stereocenters. The second-order valence-corrected chi connectivity index (χ2v) is 12.9. The molecule has 12 heteroatoms. The van der Waals surface area contributed by atoms with E-state index in [1.54, 1.807) is 49.2 Å². The molecule has 3 saturated heterocycles. The second-order valence-electron chi connectivity index (χ2n) is 11.4. The lowest BCUT2D eigenvalue weighted by Crippen LogP contribution is -2.59. The third kappa shape index (κ3) is 6.00. The van der Waals surface area contributed by atoms with E-state index in [0.717, 1.165) is 25.1 Å². The summed E-state index contributed by atoms with van der Waals surface area (Å²) in [5.74, 6) is -0.358. The molecular weight excluding hydrogens is 619 g/mol. The van der Waals surface area contributed by atoms with Gasteiger partial charge in [0.05, 0.1) is 18.4 Å². The third-order valence-electron chi connectivity index (χ3n) is 8.50. The van der Waals surface area contributed by atoms with Crippen LogP contribution < -0.4 is 0 Å². The van der Waals surface area contributed by atoms with Crippen LogP contribution in [0.1, 0.15) is 40.2 Å². The molecule has 45 heavy (non-hydrogen) atoms. The van der Waals surface area contributed by atoms with Gasteiger partial charge in [-0.15, -0.1) is 5.10 Å². The SMILES string of the molecule is CO[C@H]1C(n2cc(-c3ccc(C)c(F)c3)nn2)[C@H]2OC(c3ccccc3)OCC2O[C@@H]1Sc1cc(Cl)ccc1C(=O)N1CCC1. The number of carbonyl (C=O) groups excluding carboxylic acids is 1. The van der Waals surface area contributed by atoms with E-state index in [9.17, 15) is 9.18 Å². The number of aryl methyl sites for hydroxylation is 1. The van der Waals surface area contributed by atoms with Crippen LogP contribution in [0.15, 0.2) is 77.8 Å². The minimum Gasteiger partial charge on any atom is -0.375 e. The normalized spacial score (nSPS) is 26.3. The molecule has 0 aliphatic carbocycles. The zero-order chi connectivity index (χ0) is 31.1. The van der Waals surface area contributed by atoms with E-state index in [1.807, 2.05) is 41.3 Å². The molecule has 0 N–H and O–H groups in total. The van der Waals surface area contributed by atoms with Gasteiger partial charge in [0, 0.05) is 41.2 Å². The average Bonchev–Trinajstić information content (AvgIpc) is 3.51. The average molecular weight is 651 g/mol. The summed E-state index contributed by atoms with van der Waals surface area (Å²) in [6.07, 6.45) is 0.528. The number of likely N-dealkylation sites (tertiary alicyclic amines) is 1. The van der Waals surface area contributed by atoms with Crippen LogP contribution in [0.3, 0.4) is 0 Å². The Morgan fingerprint density at radius 1 is 1.09 bits per heavy atom. The topological polar surface area (TPSA) is 87.9 Å². The number of methoxy groups -OCH3 is 1. The highest BCUT2D eigenvalue weighted by atomic mass is 35.5. The van der Waals surface area contributed by atoms with Crippen molar-refractivity contribution in [3.63, 3.8) is 0 Å². The number of rotatable bonds is 7. The van der Waals surface area contributed by atoms with Gasteiger partial charge in [0.25, 0.3) is 5.91 Å². The molecule has 0 radical (unpaired) electrons. The summed E-state index contributed by atoms with van der Waals surface area (Å²) in [5, 5.41) is 9.41. The molecule has 3 aromatic carbocycles. The number of hydrogen-bond donors (Lipinski definition) is 0. The first kappa shape index (κ1) is 30.3. The van der Waals surface area contributed by atoms with E-state index in [1.165, 1.54) is 17.8 Å².